The zero-order valence-corrected chi connectivity index (χ0v) is 16.1. The van der Waals surface area contributed by atoms with Crippen molar-refractivity contribution >= 4 is 17.5 Å². The van der Waals surface area contributed by atoms with Gasteiger partial charge < -0.3 is 19.5 Å². The molecule has 0 saturated heterocycles. The second-order valence-corrected chi connectivity index (χ2v) is 5.92. The number of ether oxygens (including phenoxy) is 1. The SMILES string of the molecule is CCOc1ccccc1C(=O)Nc1cc(C(=O)N(CC)CC)cn(C)c1=O. The van der Waals surface area contributed by atoms with Gasteiger partial charge in [-0.25, -0.2) is 0 Å². The van der Waals surface area contributed by atoms with Gasteiger partial charge in [-0.3, -0.25) is 14.4 Å². The third-order valence-electron chi connectivity index (χ3n) is 4.16. The molecule has 1 heterocycles. The van der Waals surface area contributed by atoms with E-state index in [4.69, 9.17) is 4.74 Å². The first-order valence-corrected chi connectivity index (χ1v) is 8.95. The molecule has 144 valence electrons. The lowest BCUT2D eigenvalue weighted by atomic mass is 10.1. The van der Waals surface area contributed by atoms with Crippen molar-refractivity contribution in [1.29, 1.82) is 0 Å². The smallest absolute Gasteiger partial charge is 0.274 e. The standard InChI is InChI=1S/C20H25N3O4/c1-5-23(6-2)19(25)14-12-16(20(26)22(4)13-14)21-18(24)15-10-8-9-11-17(15)27-7-3/h8-13H,5-7H2,1-4H3,(H,21,24). The predicted octanol–water partition coefficient (Wildman–Crippen LogP) is 2.52. The Hall–Kier alpha value is -3.09. The maximum Gasteiger partial charge on any atom is 0.274 e. The molecule has 0 spiro atoms. The van der Waals surface area contributed by atoms with Crippen LogP contribution in [0.2, 0.25) is 0 Å². The first-order valence-electron chi connectivity index (χ1n) is 8.95. The van der Waals surface area contributed by atoms with Crippen LogP contribution < -0.4 is 15.6 Å². The summed E-state index contributed by atoms with van der Waals surface area (Å²) in [5.41, 5.74) is 0.316. The molecular weight excluding hydrogens is 346 g/mol. The van der Waals surface area contributed by atoms with Crippen LogP contribution >= 0.6 is 0 Å². The maximum atomic E-state index is 12.7. The highest BCUT2D eigenvalue weighted by atomic mass is 16.5. The summed E-state index contributed by atoms with van der Waals surface area (Å²) in [5.74, 6) is -0.228. The Morgan fingerprint density at radius 3 is 2.44 bits per heavy atom. The minimum atomic E-state index is -0.469. The zero-order valence-electron chi connectivity index (χ0n) is 16.1. The molecule has 1 aromatic carbocycles. The lowest BCUT2D eigenvalue weighted by Gasteiger charge is -2.19. The number of nitrogens with zero attached hydrogens (tertiary/aromatic N) is 2. The van der Waals surface area contributed by atoms with E-state index in [2.05, 4.69) is 5.32 Å². The molecule has 2 aromatic rings. The summed E-state index contributed by atoms with van der Waals surface area (Å²) in [6, 6.07) is 8.22. The number of hydrogen-bond acceptors (Lipinski definition) is 4. The van der Waals surface area contributed by atoms with E-state index < -0.39 is 11.5 Å². The van der Waals surface area contributed by atoms with Gasteiger partial charge in [-0.1, -0.05) is 12.1 Å². The van der Waals surface area contributed by atoms with Crippen LogP contribution in [0.1, 0.15) is 41.5 Å². The fourth-order valence-corrected chi connectivity index (χ4v) is 2.74. The van der Waals surface area contributed by atoms with Crippen LogP contribution in [0.5, 0.6) is 5.75 Å². The van der Waals surface area contributed by atoms with Crippen molar-refractivity contribution < 1.29 is 14.3 Å². The molecule has 1 aromatic heterocycles. The summed E-state index contributed by atoms with van der Waals surface area (Å²) in [6.07, 6.45) is 1.48. The van der Waals surface area contributed by atoms with Gasteiger partial charge in [0.05, 0.1) is 17.7 Å². The number of aryl methyl sites for hydroxylation is 1. The molecule has 0 aliphatic carbocycles. The molecule has 0 fully saturated rings. The Balaban J connectivity index is 2.38. The monoisotopic (exact) mass is 371 g/mol. The first-order chi connectivity index (χ1) is 12.9. The van der Waals surface area contributed by atoms with Gasteiger partial charge in [0, 0.05) is 26.3 Å². The van der Waals surface area contributed by atoms with E-state index in [-0.39, 0.29) is 11.6 Å². The van der Waals surface area contributed by atoms with E-state index in [0.717, 1.165) is 0 Å². The Labute approximate surface area is 158 Å². The molecular formula is C20H25N3O4. The van der Waals surface area contributed by atoms with Gasteiger partial charge in [-0.2, -0.15) is 0 Å². The molecule has 27 heavy (non-hydrogen) atoms. The van der Waals surface area contributed by atoms with Gasteiger partial charge in [0.15, 0.2) is 0 Å². The minimum Gasteiger partial charge on any atom is -0.493 e. The number of pyridine rings is 1. The second kappa shape index (κ2) is 9.02. The summed E-state index contributed by atoms with van der Waals surface area (Å²) < 4.78 is 6.76. The van der Waals surface area contributed by atoms with E-state index >= 15 is 0 Å². The third-order valence-corrected chi connectivity index (χ3v) is 4.16. The number of aromatic nitrogens is 1. The molecule has 0 radical (unpaired) electrons. The number of carbonyl (C=O) groups excluding carboxylic acids is 2. The van der Waals surface area contributed by atoms with E-state index in [0.29, 0.717) is 36.6 Å². The number of rotatable bonds is 7. The van der Waals surface area contributed by atoms with E-state index in [1.165, 1.54) is 16.8 Å². The largest absolute Gasteiger partial charge is 0.493 e. The summed E-state index contributed by atoms with van der Waals surface area (Å²) in [4.78, 5) is 39.3. The third kappa shape index (κ3) is 4.55. The fourth-order valence-electron chi connectivity index (χ4n) is 2.74. The number of benzene rings is 1. The van der Waals surface area contributed by atoms with Crippen molar-refractivity contribution in [2.75, 3.05) is 25.0 Å². The second-order valence-electron chi connectivity index (χ2n) is 5.92. The number of nitrogens with one attached hydrogen (secondary N) is 1. The van der Waals surface area contributed by atoms with Crippen LogP contribution in [0.15, 0.2) is 41.3 Å². The number of amides is 2. The lowest BCUT2D eigenvalue weighted by molar-refractivity contribution is 0.0771. The van der Waals surface area contributed by atoms with Crippen molar-refractivity contribution in [3.8, 4) is 5.75 Å². The highest BCUT2D eigenvalue weighted by Crippen LogP contribution is 2.19. The van der Waals surface area contributed by atoms with Crippen LogP contribution in [0.3, 0.4) is 0 Å². The van der Waals surface area contributed by atoms with Gasteiger partial charge in [-0.15, -0.1) is 0 Å². The molecule has 0 aliphatic rings. The zero-order chi connectivity index (χ0) is 20.0. The number of carbonyl (C=O) groups is 2. The van der Waals surface area contributed by atoms with Gasteiger partial charge >= 0.3 is 0 Å². The average Bonchev–Trinajstić information content (AvgIpc) is 2.66. The van der Waals surface area contributed by atoms with Gasteiger partial charge in [0.1, 0.15) is 11.4 Å². The molecule has 0 atom stereocenters. The van der Waals surface area contributed by atoms with Crippen molar-refractivity contribution in [2.45, 2.75) is 20.8 Å². The summed E-state index contributed by atoms with van der Waals surface area (Å²) >= 11 is 0. The minimum absolute atomic E-state index is 0.0480. The van der Waals surface area contributed by atoms with Crippen molar-refractivity contribution in [3.63, 3.8) is 0 Å². The average molecular weight is 371 g/mol. The van der Waals surface area contributed by atoms with E-state index in [1.54, 1.807) is 36.2 Å². The van der Waals surface area contributed by atoms with Crippen LogP contribution in [0.25, 0.3) is 0 Å². The number of hydrogen-bond donors (Lipinski definition) is 1. The van der Waals surface area contributed by atoms with Gasteiger partial charge in [0.25, 0.3) is 17.4 Å². The fraction of sp³-hybridized carbons (Fsp3) is 0.350. The maximum absolute atomic E-state index is 12.7. The molecule has 7 nitrogen and oxygen atoms in total. The van der Waals surface area contributed by atoms with Crippen LogP contribution in [0, 0.1) is 0 Å². The summed E-state index contributed by atoms with van der Waals surface area (Å²) in [7, 11) is 1.55. The molecule has 0 bridgehead atoms. The predicted molar refractivity (Wildman–Crippen MR) is 104 cm³/mol. The van der Waals surface area contributed by atoms with Gasteiger partial charge in [-0.05, 0) is 39.0 Å². The Kier molecular flexibility index (Phi) is 6.76. The topological polar surface area (TPSA) is 80.6 Å². The first kappa shape index (κ1) is 20.2. The molecule has 0 saturated carbocycles. The summed E-state index contributed by atoms with van der Waals surface area (Å²) in [6.45, 7) is 7.13. The van der Waals surface area contributed by atoms with Gasteiger partial charge in [0.2, 0.25) is 0 Å². The highest BCUT2D eigenvalue weighted by molar-refractivity contribution is 6.06. The van der Waals surface area contributed by atoms with Crippen molar-refractivity contribution in [1.82, 2.24) is 9.47 Å². The number of para-hydroxylation sites is 1. The summed E-state index contributed by atoms with van der Waals surface area (Å²) in [5, 5.41) is 2.61. The van der Waals surface area contributed by atoms with Crippen LogP contribution in [0.4, 0.5) is 5.69 Å². The molecule has 2 rings (SSSR count). The molecule has 0 unspecified atom stereocenters. The molecule has 1 N–H and O–H groups in total. The Morgan fingerprint density at radius 1 is 1.15 bits per heavy atom. The number of anilines is 1. The lowest BCUT2D eigenvalue weighted by Crippen LogP contribution is -2.32. The normalized spacial score (nSPS) is 10.4. The van der Waals surface area contributed by atoms with Crippen molar-refractivity contribution in [3.05, 3.63) is 58.0 Å². The highest BCUT2D eigenvalue weighted by Gasteiger charge is 2.18. The quantitative estimate of drug-likeness (QED) is 0.811. The van der Waals surface area contributed by atoms with Crippen LogP contribution in [-0.4, -0.2) is 41.0 Å². The van der Waals surface area contributed by atoms with Crippen molar-refractivity contribution in [2.24, 2.45) is 7.05 Å². The Morgan fingerprint density at radius 2 is 1.81 bits per heavy atom. The molecule has 0 aliphatic heterocycles. The van der Waals surface area contributed by atoms with E-state index in [9.17, 15) is 14.4 Å². The Bertz CT molecular complexity index is 885. The van der Waals surface area contributed by atoms with E-state index in [1.807, 2.05) is 20.8 Å². The molecule has 7 heteroatoms. The van der Waals surface area contributed by atoms with Crippen LogP contribution in [-0.2, 0) is 7.05 Å². The molecule has 2 amide bonds.